The van der Waals surface area contributed by atoms with E-state index >= 15 is 0 Å². The Bertz CT molecular complexity index is 1240. The molecule has 1 aromatic carbocycles. The third-order valence-electron chi connectivity index (χ3n) is 4.09. The normalized spacial score (nSPS) is 12.1. The number of carbonyl (C=O) groups excluding carboxylic acids is 1. The van der Waals surface area contributed by atoms with Gasteiger partial charge in [-0.2, -0.15) is 13.2 Å². The number of hydrogen-bond acceptors (Lipinski definition) is 5. The zero-order chi connectivity index (χ0) is 22.3. The summed E-state index contributed by atoms with van der Waals surface area (Å²) in [5.41, 5.74) is -1.61. The van der Waals surface area contributed by atoms with Gasteiger partial charge >= 0.3 is 6.18 Å². The second-order valence-electron chi connectivity index (χ2n) is 6.28. The van der Waals surface area contributed by atoms with Crippen LogP contribution in [0.4, 0.5) is 13.2 Å². The Morgan fingerprint density at radius 1 is 1.20 bits per heavy atom. The molecule has 0 bridgehead atoms. The molecule has 30 heavy (non-hydrogen) atoms. The summed E-state index contributed by atoms with van der Waals surface area (Å²) < 4.78 is 68.2. The highest BCUT2D eigenvalue weighted by Crippen LogP contribution is 2.35. The molecule has 158 valence electrons. The minimum Gasteiger partial charge on any atom is -0.332 e. The van der Waals surface area contributed by atoms with Crippen molar-refractivity contribution in [3.05, 3.63) is 64.6 Å². The summed E-state index contributed by atoms with van der Waals surface area (Å²) in [6, 6.07) is 6.07. The Morgan fingerprint density at radius 2 is 1.90 bits per heavy atom. The predicted octanol–water partition coefficient (Wildman–Crippen LogP) is 3.58. The highest BCUT2D eigenvalue weighted by molar-refractivity contribution is 7.90. The number of pyridine rings is 1. The molecule has 2 aromatic heterocycles. The number of nitrogens with one attached hydrogen (secondary N) is 1. The lowest BCUT2D eigenvalue weighted by Gasteiger charge is -2.15. The molecule has 0 saturated heterocycles. The number of imidazole rings is 1. The zero-order valence-electron chi connectivity index (χ0n) is 15.5. The number of sulfonamides is 1. The SMILES string of the molecule is Cc1cccc(C(F)(F)F)c1S(=O)(=O)NC(=O)c1cn(C)c(-c2ncccc2Cl)n1. The van der Waals surface area contributed by atoms with Crippen LogP contribution in [0.2, 0.25) is 5.02 Å². The van der Waals surface area contributed by atoms with E-state index in [0.717, 1.165) is 6.07 Å². The maximum atomic E-state index is 13.3. The minimum absolute atomic E-state index is 0.160. The molecule has 0 aliphatic heterocycles. The number of nitrogens with zero attached hydrogens (tertiary/aromatic N) is 3. The summed E-state index contributed by atoms with van der Waals surface area (Å²) in [6.45, 7) is 1.20. The van der Waals surface area contributed by atoms with Crippen LogP contribution < -0.4 is 4.72 Å². The van der Waals surface area contributed by atoms with E-state index < -0.39 is 32.6 Å². The molecule has 3 rings (SSSR count). The van der Waals surface area contributed by atoms with E-state index in [4.69, 9.17) is 11.6 Å². The number of rotatable bonds is 4. The lowest BCUT2D eigenvalue weighted by molar-refractivity contribution is -0.140. The summed E-state index contributed by atoms with van der Waals surface area (Å²) in [5, 5.41) is 0.250. The number of amides is 1. The minimum atomic E-state index is -4.92. The standard InChI is InChI=1S/C18H14ClF3N4O3S/c1-10-5-3-6-11(18(20,21)22)15(10)30(28,29)25-17(27)13-9-26(2)16(24-13)14-12(19)7-4-8-23-14/h3-9H,1-2H3,(H,25,27). The average Bonchev–Trinajstić information content (AvgIpc) is 3.02. The Morgan fingerprint density at radius 3 is 2.53 bits per heavy atom. The van der Waals surface area contributed by atoms with Gasteiger partial charge in [-0.15, -0.1) is 0 Å². The number of alkyl halides is 3. The van der Waals surface area contributed by atoms with Crippen LogP contribution in [-0.2, 0) is 23.2 Å². The van der Waals surface area contributed by atoms with Crippen molar-refractivity contribution >= 4 is 27.5 Å². The van der Waals surface area contributed by atoms with Gasteiger partial charge in [0.25, 0.3) is 15.9 Å². The number of aryl methyl sites for hydroxylation is 2. The van der Waals surface area contributed by atoms with E-state index in [1.807, 2.05) is 0 Å². The molecule has 12 heteroatoms. The zero-order valence-corrected chi connectivity index (χ0v) is 17.1. The average molecular weight is 459 g/mol. The number of halogens is 4. The fourth-order valence-corrected chi connectivity index (χ4v) is 4.43. The molecule has 0 saturated carbocycles. The molecule has 0 radical (unpaired) electrons. The summed E-state index contributed by atoms with van der Waals surface area (Å²) in [5.74, 6) is -1.02. The van der Waals surface area contributed by atoms with E-state index in [1.165, 1.54) is 37.0 Å². The molecule has 1 N–H and O–H groups in total. The van der Waals surface area contributed by atoms with Crippen LogP contribution in [0.1, 0.15) is 21.6 Å². The first kappa shape index (κ1) is 21.8. The lowest BCUT2D eigenvalue weighted by atomic mass is 10.1. The summed E-state index contributed by atoms with van der Waals surface area (Å²) in [6.07, 6.45) is -2.25. The van der Waals surface area contributed by atoms with Gasteiger partial charge in [-0.05, 0) is 30.7 Å². The molecule has 2 heterocycles. The van der Waals surface area contributed by atoms with Crippen molar-refractivity contribution in [2.24, 2.45) is 7.05 Å². The second-order valence-corrected chi connectivity index (χ2v) is 8.30. The van der Waals surface area contributed by atoms with Crippen molar-refractivity contribution in [3.8, 4) is 11.5 Å². The third-order valence-corrected chi connectivity index (χ3v) is 5.93. The first-order valence-electron chi connectivity index (χ1n) is 8.30. The number of carbonyl (C=O) groups is 1. The summed E-state index contributed by atoms with van der Waals surface area (Å²) in [4.78, 5) is 19.6. The monoisotopic (exact) mass is 458 g/mol. The summed E-state index contributed by atoms with van der Waals surface area (Å²) >= 11 is 6.06. The molecule has 0 fully saturated rings. The fourth-order valence-electron chi connectivity index (χ4n) is 2.80. The van der Waals surface area contributed by atoms with Gasteiger partial charge < -0.3 is 4.57 Å². The van der Waals surface area contributed by atoms with Gasteiger partial charge in [0.2, 0.25) is 0 Å². The van der Waals surface area contributed by atoms with Crippen molar-refractivity contribution in [1.29, 1.82) is 0 Å². The van der Waals surface area contributed by atoms with Crippen molar-refractivity contribution in [3.63, 3.8) is 0 Å². The molecule has 0 aliphatic rings. The van der Waals surface area contributed by atoms with Crippen LogP contribution in [0.3, 0.4) is 0 Å². The largest absolute Gasteiger partial charge is 0.417 e. The molecule has 1 amide bonds. The van der Waals surface area contributed by atoms with Gasteiger partial charge in [0.05, 0.1) is 10.6 Å². The lowest BCUT2D eigenvalue weighted by Crippen LogP contribution is -2.33. The van der Waals surface area contributed by atoms with Gasteiger partial charge in [0.1, 0.15) is 16.3 Å². The van der Waals surface area contributed by atoms with Crippen LogP contribution in [0.15, 0.2) is 47.6 Å². The van der Waals surface area contributed by atoms with Crippen molar-refractivity contribution in [2.75, 3.05) is 0 Å². The molecular weight excluding hydrogens is 445 g/mol. The Kier molecular flexibility index (Phi) is 5.61. The molecule has 3 aromatic rings. The topological polar surface area (TPSA) is 94.0 Å². The first-order valence-corrected chi connectivity index (χ1v) is 10.2. The van der Waals surface area contributed by atoms with Crippen molar-refractivity contribution < 1.29 is 26.4 Å². The second kappa shape index (κ2) is 7.73. The van der Waals surface area contributed by atoms with Crippen LogP contribution in [0, 0.1) is 6.92 Å². The number of benzene rings is 1. The van der Waals surface area contributed by atoms with E-state index in [-0.39, 0.29) is 27.8 Å². The third kappa shape index (κ3) is 4.17. The molecule has 0 atom stereocenters. The first-order chi connectivity index (χ1) is 13.9. The van der Waals surface area contributed by atoms with Gasteiger partial charge in [-0.3, -0.25) is 9.78 Å². The van der Waals surface area contributed by atoms with Crippen LogP contribution in [0.25, 0.3) is 11.5 Å². The van der Waals surface area contributed by atoms with E-state index in [9.17, 15) is 26.4 Å². The quantitative estimate of drug-likeness (QED) is 0.645. The smallest absolute Gasteiger partial charge is 0.332 e. The highest BCUT2D eigenvalue weighted by atomic mass is 35.5. The Hall–Kier alpha value is -2.92. The van der Waals surface area contributed by atoms with Crippen LogP contribution in [-0.4, -0.2) is 28.9 Å². The van der Waals surface area contributed by atoms with Crippen LogP contribution >= 0.6 is 11.6 Å². The van der Waals surface area contributed by atoms with Crippen LogP contribution in [0.5, 0.6) is 0 Å². The van der Waals surface area contributed by atoms with Gasteiger partial charge in [0, 0.05) is 19.4 Å². The molecular formula is C18H14ClF3N4O3S. The maximum absolute atomic E-state index is 13.3. The van der Waals surface area contributed by atoms with Gasteiger partial charge in [-0.1, -0.05) is 23.7 Å². The van der Waals surface area contributed by atoms with Crippen molar-refractivity contribution in [2.45, 2.75) is 18.0 Å². The molecule has 7 nitrogen and oxygen atoms in total. The Balaban J connectivity index is 1.98. The van der Waals surface area contributed by atoms with Gasteiger partial charge in [-0.25, -0.2) is 18.1 Å². The number of hydrogen-bond donors (Lipinski definition) is 1. The molecule has 0 spiro atoms. The highest BCUT2D eigenvalue weighted by Gasteiger charge is 2.38. The summed E-state index contributed by atoms with van der Waals surface area (Å²) in [7, 11) is -3.31. The van der Waals surface area contributed by atoms with E-state index in [2.05, 4.69) is 9.97 Å². The molecule has 0 aliphatic carbocycles. The maximum Gasteiger partial charge on any atom is 0.417 e. The van der Waals surface area contributed by atoms with Crippen molar-refractivity contribution in [1.82, 2.24) is 19.3 Å². The van der Waals surface area contributed by atoms with E-state index in [0.29, 0.717) is 6.07 Å². The Labute approximate surface area is 174 Å². The predicted molar refractivity (Wildman–Crippen MR) is 102 cm³/mol. The number of aromatic nitrogens is 3. The van der Waals surface area contributed by atoms with E-state index in [1.54, 1.807) is 16.9 Å². The molecule has 0 unspecified atom stereocenters. The fraction of sp³-hybridized carbons (Fsp3) is 0.167. The van der Waals surface area contributed by atoms with Gasteiger partial charge in [0.15, 0.2) is 5.82 Å².